The lowest BCUT2D eigenvalue weighted by atomic mass is 10.3. The van der Waals surface area contributed by atoms with E-state index in [1.807, 2.05) is 0 Å². The van der Waals surface area contributed by atoms with Crippen molar-refractivity contribution in [1.82, 2.24) is 13.9 Å². The molecule has 0 atom stereocenters. The van der Waals surface area contributed by atoms with Gasteiger partial charge in [-0.1, -0.05) is 0 Å². The van der Waals surface area contributed by atoms with Crippen LogP contribution in [-0.4, -0.2) is 70.5 Å². The molecular weight excluding hydrogens is 246 g/mol. The summed E-state index contributed by atoms with van der Waals surface area (Å²) in [6, 6.07) is 0. The van der Waals surface area contributed by atoms with Crippen LogP contribution in [0.4, 0.5) is 0 Å². The summed E-state index contributed by atoms with van der Waals surface area (Å²) in [5.41, 5.74) is 0. The molecule has 0 aromatic carbocycles. The molecule has 0 aromatic rings. The zero-order chi connectivity index (χ0) is 12.9. The fourth-order valence-corrected chi connectivity index (χ4v) is 2.58. The first kappa shape index (κ1) is 14.4. The van der Waals surface area contributed by atoms with Crippen LogP contribution >= 0.6 is 0 Å². The Labute approximate surface area is 102 Å². The highest BCUT2D eigenvalue weighted by Crippen LogP contribution is 2.06. The van der Waals surface area contributed by atoms with Crippen molar-refractivity contribution in [2.45, 2.75) is 6.42 Å². The molecule has 7 nitrogen and oxygen atoms in total. The zero-order valence-corrected chi connectivity index (χ0v) is 11.0. The van der Waals surface area contributed by atoms with Gasteiger partial charge >= 0.3 is 5.97 Å². The maximum Gasteiger partial charge on any atom is 0.306 e. The summed E-state index contributed by atoms with van der Waals surface area (Å²) in [6.45, 7) is 2.78. The van der Waals surface area contributed by atoms with Gasteiger partial charge in [0, 0.05) is 39.8 Å². The molecule has 0 amide bonds. The maximum absolute atomic E-state index is 11.5. The van der Waals surface area contributed by atoms with Crippen LogP contribution in [0.25, 0.3) is 0 Å². The minimum absolute atomic E-state index is 0.240. The molecule has 0 aromatic heterocycles. The van der Waals surface area contributed by atoms with E-state index in [0.717, 1.165) is 0 Å². The number of carbonyl (C=O) groups is 1. The van der Waals surface area contributed by atoms with E-state index in [1.54, 1.807) is 0 Å². The van der Waals surface area contributed by atoms with Crippen LogP contribution in [0.2, 0.25) is 0 Å². The van der Waals surface area contributed by atoms with Crippen molar-refractivity contribution in [3.63, 3.8) is 0 Å². The molecule has 1 aliphatic heterocycles. The Morgan fingerprint density at radius 1 is 1.29 bits per heavy atom. The molecule has 1 heterocycles. The summed E-state index contributed by atoms with van der Waals surface area (Å²) < 4.78 is 31.2. The summed E-state index contributed by atoms with van der Waals surface area (Å²) in [5.74, 6) is -0.240. The average molecular weight is 265 g/mol. The van der Waals surface area contributed by atoms with Gasteiger partial charge in [-0.15, -0.1) is 0 Å². The third kappa shape index (κ3) is 4.23. The van der Waals surface area contributed by atoms with Gasteiger partial charge < -0.3 is 9.64 Å². The third-order valence-corrected chi connectivity index (χ3v) is 4.35. The summed E-state index contributed by atoms with van der Waals surface area (Å²) in [5, 5.41) is 0. The van der Waals surface area contributed by atoms with E-state index in [-0.39, 0.29) is 5.97 Å². The smallest absolute Gasteiger partial charge is 0.306 e. The van der Waals surface area contributed by atoms with Gasteiger partial charge in [-0.05, 0) is 0 Å². The highest BCUT2D eigenvalue weighted by Gasteiger charge is 2.25. The van der Waals surface area contributed by atoms with Crippen molar-refractivity contribution in [1.29, 1.82) is 0 Å². The number of nitrogens with zero attached hydrogens (tertiary/aromatic N) is 2. The lowest BCUT2D eigenvalue weighted by molar-refractivity contribution is -0.141. The van der Waals surface area contributed by atoms with Gasteiger partial charge in [-0.2, -0.15) is 12.7 Å². The number of methoxy groups -OCH3 is 1. The van der Waals surface area contributed by atoms with Crippen molar-refractivity contribution >= 4 is 16.2 Å². The van der Waals surface area contributed by atoms with Crippen LogP contribution in [0.1, 0.15) is 6.42 Å². The first-order valence-corrected chi connectivity index (χ1v) is 6.91. The summed E-state index contributed by atoms with van der Waals surface area (Å²) in [6.07, 6.45) is 0.343. The van der Waals surface area contributed by atoms with E-state index in [9.17, 15) is 13.2 Å². The molecule has 0 bridgehead atoms. The van der Waals surface area contributed by atoms with Crippen LogP contribution in [0.3, 0.4) is 0 Å². The molecule has 17 heavy (non-hydrogen) atoms. The summed E-state index contributed by atoms with van der Waals surface area (Å²) >= 11 is 0. The van der Waals surface area contributed by atoms with Crippen molar-refractivity contribution in [3.05, 3.63) is 0 Å². The Morgan fingerprint density at radius 2 is 1.88 bits per heavy atom. The van der Waals surface area contributed by atoms with E-state index >= 15 is 0 Å². The number of nitrogens with one attached hydrogen (secondary N) is 1. The second-order valence-corrected chi connectivity index (χ2v) is 5.65. The highest BCUT2D eigenvalue weighted by molar-refractivity contribution is 7.87. The first-order chi connectivity index (χ1) is 7.99. The van der Waals surface area contributed by atoms with Gasteiger partial charge in [0.2, 0.25) is 0 Å². The number of ether oxygens (including phenoxy) is 1. The standard InChI is InChI=1S/C9H19N3O4S/c1-10-17(14,15)12-7-5-11(6-8-12)4-3-9(13)16-2/h10H,3-8H2,1-2H3. The predicted molar refractivity (Wildman–Crippen MR) is 62.6 cm³/mol. The number of hydrogen-bond acceptors (Lipinski definition) is 5. The van der Waals surface area contributed by atoms with Crippen molar-refractivity contribution in [2.24, 2.45) is 0 Å². The largest absolute Gasteiger partial charge is 0.469 e. The van der Waals surface area contributed by atoms with Gasteiger partial charge in [-0.3, -0.25) is 4.79 Å². The number of esters is 1. The number of rotatable bonds is 5. The van der Waals surface area contributed by atoms with Crippen LogP contribution in [0.5, 0.6) is 0 Å². The SMILES string of the molecule is CNS(=O)(=O)N1CCN(CCC(=O)OC)CC1. The van der Waals surface area contributed by atoms with Crippen molar-refractivity contribution in [3.8, 4) is 0 Å². The Kier molecular flexibility index (Phi) is 5.31. The normalized spacial score (nSPS) is 19.2. The van der Waals surface area contributed by atoms with Gasteiger partial charge in [0.15, 0.2) is 0 Å². The molecule has 1 saturated heterocycles. The predicted octanol–water partition coefficient (Wildman–Crippen LogP) is -1.37. The van der Waals surface area contributed by atoms with Gasteiger partial charge in [0.1, 0.15) is 0 Å². The molecular formula is C9H19N3O4S. The highest BCUT2D eigenvalue weighted by atomic mass is 32.2. The second kappa shape index (κ2) is 6.29. The molecule has 8 heteroatoms. The average Bonchev–Trinajstić information content (AvgIpc) is 2.36. The first-order valence-electron chi connectivity index (χ1n) is 5.47. The fraction of sp³-hybridized carbons (Fsp3) is 0.889. The minimum atomic E-state index is -3.32. The minimum Gasteiger partial charge on any atom is -0.469 e. The molecule has 1 aliphatic rings. The summed E-state index contributed by atoms with van der Waals surface area (Å²) in [7, 11) is -0.553. The van der Waals surface area contributed by atoms with Gasteiger partial charge in [0.25, 0.3) is 10.2 Å². The van der Waals surface area contributed by atoms with Crippen molar-refractivity contribution in [2.75, 3.05) is 46.9 Å². The lowest BCUT2D eigenvalue weighted by Crippen LogP contribution is -2.51. The van der Waals surface area contributed by atoms with E-state index in [0.29, 0.717) is 39.1 Å². The van der Waals surface area contributed by atoms with Crippen molar-refractivity contribution < 1.29 is 17.9 Å². The monoisotopic (exact) mass is 265 g/mol. The zero-order valence-electron chi connectivity index (χ0n) is 10.2. The Bertz CT molecular complexity index is 349. The Balaban J connectivity index is 2.34. The van der Waals surface area contributed by atoms with Crippen LogP contribution in [0.15, 0.2) is 0 Å². The van der Waals surface area contributed by atoms with Crippen LogP contribution < -0.4 is 4.72 Å². The summed E-state index contributed by atoms with van der Waals surface area (Å²) in [4.78, 5) is 13.0. The Morgan fingerprint density at radius 3 is 2.35 bits per heavy atom. The molecule has 1 rings (SSSR count). The lowest BCUT2D eigenvalue weighted by Gasteiger charge is -2.33. The maximum atomic E-state index is 11.5. The molecule has 100 valence electrons. The van der Waals surface area contributed by atoms with Gasteiger partial charge in [0.05, 0.1) is 13.5 Å². The molecule has 0 aliphatic carbocycles. The van der Waals surface area contributed by atoms with E-state index < -0.39 is 10.2 Å². The fourth-order valence-electron chi connectivity index (χ4n) is 1.67. The molecule has 0 unspecified atom stereocenters. The van der Waals surface area contributed by atoms with E-state index in [2.05, 4.69) is 14.4 Å². The molecule has 0 radical (unpaired) electrons. The number of carbonyl (C=O) groups excluding carboxylic acids is 1. The van der Waals surface area contributed by atoms with Crippen LogP contribution in [-0.2, 0) is 19.7 Å². The third-order valence-electron chi connectivity index (χ3n) is 2.79. The quantitative estimate of drug-likeness (QED) is 0.621. The van der Waals surface area contributed by atoms with E-state index in [1.165, 1.54) is 18.5 Å². The molecule has 1 N–H and O–H groups in total. The van der Waals surface area contributed by atoms with E-state index in [4.69, 9.17) is 0 Å². The van der Waals surface area contributed by atoms with Crippen LogP contribution in [0, 0.1) is 0 Å². The molecule has 1 fully saturated rings. The Hall–Kier alpha value is -0.700. The number of piperazine rings is 1. The molecule has 0 saturated carbocycles. The topological polar surface area (TPSA) is 79.0 Å². The van der Waals surface area contributed by atoms with Gasteiger partial charge in [-0.25, -0.2) is 4.72 Å². The second-order valence-electron chi connectivity index (χ2n) is 3.78. The molecule has 0 spiro atoms. The number of hydrogen-bond donors (Lipinski definition) is 1.